The first-order chi connectivity index (χ1) is 15.1. The minimum absolute atomic E-state index is 0.00517. The van der Waals surface area contributed by atoms with Crippen LogP contribution < -0.4 is 10.2 Å². The van der Waals surface area contributed by atoms with Crippen molar-refractivity contribution < 1.29 is 14.0 Å². The van der Waals surface area contributed by atoms with E-state index < -0.39 is 0 Å². The third-order valence-electron chi connectivity index (χ3n) is 5.10. The third-order valence-corrected chi connectivity index (χ3v) is 5.40. The molecular weight excluding hydrogens is 414 g/mol. The molecule has 1 aromatic heterocycles. The lowest BCUT2D eigenvalue weighted by molar-refractivity contribution is -0.126. The molecule has 158 valence electrons. The molecular formula is C24H22ClN3O3. The highest BCUT2D eigenvalue weighted by Gasteiger charge is 2.21. The number of piperazine rings is 1. The summed E-state index contributed by atoms with van der Waals surface area (Å²) >= 11 is 6.48. The van der Waals surface area contributed by atoms with Crippen molar-refractivity contribution in [3.63, 3.8) is 0 Å². The Morgan fingerprint density at radius 1 is 0.968 bits per heavy atom. The molecule has 1 saturated heterocycles. The molecule has 1 N–H and O–H groups in total. The molecule has 0 saturated carbocycles. The van der Waals surface area contributed by atoms with Crippen molar-refractivity contribution in [3.8, 4) is 0 Å². The molecule has 4 rings (SSSR count). The highest BCUT2D eigenvalue weighted by Crippen LogP contribution is 2.30. The maximum absolute atomic E-state index is 12.5. The van der Waals surface area contributed by atoms with Crippen molar-refractivity contribution in [2.75, 3.05) is 36.4 Å². The first kappa shape index (κ1) is 20.8. The summed E-state index contributed by atoms with van der Waals surface area (Å²) in [6, 6.07) is 18.4. The van der Waals surface area contributed by atoms with Crippen LogP contribution in [0.2, 0.25) is 5.02 Å². The van der Waals surface area contributed by atoms with Crippen LogP contribution in [0.25, 0.3) is 6.08 Å². The van der Waals surface area contributed by atoms with Crippen LogP contribution in [0.3, 0.4) is 0 Å². The monoisotopic (exact) mass is 435 g/mol. The van der Waals surface area contributed by atoms with Crippen molar-refractivity contribution in [2.45, 2.75) is 0 Å². The molecule has 2 heterocycles. The van der Waals surface area contributed by atoms with Gasteiger partial charge < -0.3 is 19.5 Å². The van der Waals surface area contributed by atoms with Gasteiger partial charge in [-0.1, -0.05) is 41.9 Å². The molecule has 0 spiro atoms. The molecule has 0 unspecified atom stereocenters. The average molecular weight is 436 g/mol. The number of hydrogen-bond acceptors (Lipinski definition) is 4. The molecule has 3 aromatic rings. The van der Waals surface area contributed by atoms with Crippen LogP contribution in [0.4, 0.5) is 11.4 Å². The van der Waals surface area contributed by atoms with Gasteiger partial charge in [0.1, 0.15) is 0 Å². The van der Waals surface area contributed by atoms with Crippen LogP contribution in [0.15, 0.2) is 77.4 Å². The number of hydrogen-bond donors (Lipinski definition) is 1. The van der Waals surface area contributed by atoms with E-state index in [1.807, 2.05) is 53.4 Å². The number of amides is 2. The van der Waals surface area contributed by atoms with E-state index in [0.29, 0.717) is 36.9 Å². The minimum Gasteiger partial charge on any atom is -0.459 e. The molecule has 0 bridgehead atoms. The van der Waals surface area contributed by atoms with E-state index in [1.54, 1.807) is 24.3 Å². The molecule has 0 aliphatic carbocycles. The Morgan fingerprint density at radius 3 is 2.42 bits per heavy atom. The number of halogens is 1. The normalized spacial score (nSPS) is 14.1. The summed E-state index contributed by atoms with van der Waals surface area (Å²) in [5.74, 6) is -0.0858. The van der Waals surface area contributed by atoms with Gasteiger partial charge in [-0.2, -0.15) is 0 Å². The minimum atomic E-state index is -0.329. The fourth-order valence-corrected chi connectivity index (χ4v) is 3.75. The third kappa shape index (κ3) is 5.16. The van der Waals surface area contributed by atoms with Crippen molar-refractivity contribution in [3.05, 3.63) is 89.3 Å². The van der Waals surface area contributed by atoms with E-state index in [-0.39, 0.29) is 17.6 Å². The van der Waals surface area contributed by atoms with Crippen LogP contribution >= 0.6 is 11.6 Å². The van der Waals surface area contributed by atoms with Gasteiger partial charge in [-0.25, -0.2) is 0 Å². The largest absolute Gasteiger partial charge is 0.459 e. The van der Waals surface area contributed by atoms with Gasteiger partial charge in [-0.3, -0.25) is 9.59 Å². The Labute approximate surface area is 185 Å². The molecule has 1 aliphatic rings. The lowest BCUT2D eigenvalue weighted by atomic mass is 10.2. The topological polar surface area (TPSA) is 65.8 Å². The number of carbonyl (C=O) groups excluding carboxylic acids is 2. The van der Waals surface area contributed by atoms with Crippen LogP contribution in [-0.2, 0) is 4.79 Å². The van der Waals surface area contributed by atoms with Gasteiger partial charge >= 0.3 is 0 Å². The highest BCUT2D eigenvalue weighted by atomic mass is 35.5. The Kier molecular flexibility index (Phi) is 6.38. The average Bonchev–Trinajstić information content (AvgIpc) is 3.34. The van der Waals surface area contributed by atoms with Gasteiger partial charge in [0.2, 0.25) is 5.91 Å². The fraction of sp³-hybridized carbons (Fsp3) is 0.167. The smallest absolute Gasteiger partial charge is 0.291 e. The fourth-order valence-electron chi connectivity index (χ4n) is 3.45. The summed E-state index contributed by atoms with van der Waals surface area (Å²) in [6.45, 7) is 2.60. The molecule has 1 fully saturated rings. The van der Waals surface area contributed by atoms with E-state index >= 15 is 0 Å². The van der Waals surface area contributed by atoms with E-state index in [0.717, 1.165) is 11.3 Å². The summed E-state index contributed by atoms with van der Waals surface area (Å²) in [5.41, 5.74) is 2.47. The lowest BCUT2D eigenvalue weighted by Crippen LogP contribution is -2.48. The Morgan fingerprint density at radius 2 is 1.74 bits per heavy atom. The number of carbonyl (C=O) groups is 2. The molecule has 7 heteroatoms. The zero-order chi connectivity index (χ0) is 21.6. The van der Waals surface area contributed by atoms with E-state index in [1.165, 1.54) is 6.26 Å². The van der Waals surface area contributed by atoms with E-state index in [9.17, 15) is 9.59 Å². The van der Waals surface area contributed by atoms with E-state index in [4.69, 9.17) is 16.0 Å². The SMILES string of the molecule is O=C(Nc1ccc(N2CCN(C(=O)/C=C/c3ccccc3)CC2)c(Cl)c1)c1ccco1. The van der Waals surface area contributed by atoms with Crippen LogP contribution in [0.5, 0.6) is 0 Å². The number of benzene rings is 2. The first-order valence-corrected chi connectivity index (χ1v) is 10.4. The van der Waals surface area contributed by atoms with Gasteiger partial charge in [0.15, 0.2) is 5.76 Å². The van der Waals surface area contributed by atoms with Gasteiger partial charge in [0, 0.05) is 37.9 Å². The summed E-state index contributed by atoms with van der Waals surface area (Å²) in [7, 11) is 0. The van der Waals surface area contributed by atoms with Gasteiger partial charge in [0.05, 0.1) is 17.0 Å². The molecule has 2 aromatic carbocycles. The lowest BCUT2D eigenvalue weighted by Gasteiger charge is -2.36. The maximum Gasteiger partial charge on any atom is 0.291 e. The first-order valence-electron chi connectivity index (χ1n) is 10.0. The number of nitrogens with one attached hydrogen (secondary N) is 1. The van der Waals surface area contributed by atoms with Crippen molar-refractivity contribution in [1.82, 2.24) is 4.90 Å². The standard InChI is InChI=1S/C24H22ClN3O3/c25-20-17-19(26-24(30)22-7-4-16-31-22)9-10-21(20)27-12-14-28(15-13-27)23(29)11-8-18-5-2-1-3-6-18/h1-11,16-17H,12-15H2,(H,26,30)/b11-8+. The highest BCUT2D eigenvalue weighted by molar-refractivity contribution is 6.33. The summed E-state index contributed by atoms with van der Waals surface area (Å²) in [5, 5.41) is 3.31. The maximum atomic E-state index is 12.5. The second-order valence-electron chi connectivity index (χ2n) is 7.15. The second-order valence-corrected chi connectivity index (χ2v) is 7.56. The summed E-state index contributed by atoms with van der Waals surface area (Å²) < 4.78 is 5.10. The summed E-state index contributed by atoms with van der Waals surface area (Å²) in [4.78, 5) is 28.6. The van der Waals surface area contributed by atoms with Crippen LogP contribution in [0, 0.1) is 0 Å². The predicted molar refractivity (Wildman–Crippen MR) is 122 cm³/mol. The quantitative estimate of drug-likeness (QED) is 0.597. The van der Waals surface area contributed by atoms with Crippen LogP contribution in [-0.4, -0.2) is 42.9 Å². The molecule has 0 radical (unpaired) electrons. The zero-order valence-corrected chi connectivity index (χ0v) is 17.6. The molecule has 2 amide bonds. The van der Waals surface area contributed by atoms with Gasteiger partial charge in [-0.15, -0.1) is 0 Å². The van der Waals surface area contributed by atoms with Gasteiger partial charge in [-0.05, 0) is 42.0 Å². The Bertz CT molecular complexity index is 1070. The van der Waals surface area contributed by atoms with Crippen molar-refractivity contribution in [2.24, 2.45) is 0 Å². The molecule has 31 heavy (non-hydrogen) atoms. The van der Waals surface area contributed by atoms with Gasteiger partial charge in [0.25, 0.3) is 5.91 Å². The number of furan rings is 1. The zero-order valence-electron chi connectivity index (χ0n) is 16.8. The molecule has 1 aliphatic heterocycles. The summed E-state index contributed by atoms with van der Waals surface area (Å²) in [6.07, 6.45) is 4.91. The number of rotatable bonds is 5. The molecule has 0 atom stereocenters. The second kappa shape index (κ2) is 9.53. The predicted octanol–water partition coefficient (Wildman–Crippen LogP) is 4.55. The Hall–Kier alpha value is -3.51. The number of anilines is 2. The van der Waals surface area contributed by atoms with Crippen molar-refractivity contribution in [1.29, 1.82) is 0 Å². The van der Waals surface area contributed by atoms with E-state index in [2.05, 4.69) is 10.2 Å². The molecule has 6 nitrogen and oxygen atoms in total. The van der Waals surface area contributed by atoms with Crippen molar-refractivity contribution >= 4 is 40.9 Å². The Balaban J connectivity index is 1.33. The number of nitrogens with zero attached hydrogens (tertiary/aromatic N) is 2. The van der Waals surface area contributed by atoms with Crippen LogP contribution in [0.1, 0.15) is 16.1 Å².